The minimum absolute atomic E-state index is 0.0169. The lowest BCUT2D eigenvalue weighted by Crippen LogP contribution is -2.19. The van der Waals surface area contributed by atoms with E-state index >= 15 is 0 Å². The zero-order valence-electron chi connectivity index (χ0n) is 13.8. The molecule has 2 heteroatoms. The molecule has 2 rings (SSSR count). The van der Waals surface area contributed by atoms with E-state index in [1.165, 1.54) is 22.4 Å². The van der Waals surface area contributed by atoms with Gasteiger partial charge in [0.25, 0.3) is 0 Å². The summed E-state index contributed by atoms with van der Waals surface area (Å²) in [6, 6.07) is 17.7. The number of nitrogens with one attached hydrogen (secondary N) is 1. The fourth-order valence-electron chi connectivity index (χ4n) is 2.59. The average molecular weight is 282 g/mol. The summed E-state index contributed by atoms with van der Waals surface area (Å²) in [6.45, 7) is 5.48. The number of hydrogen-bond donors (Lipinski definition) is 1. The third kappa shape index (κ3) is 3.45. The summed E-state index contributed by atoms with van der Waals surface area (Å²) in [5, 5.41) is 3.19. The van der Waals surface area contributed by atoms with Gasteiger partial charge < -0.3 is 10.2 Å². The first-order chi connectivity index (χ1) is 9.95. The summed E-state index contributed by atoms with van der Waals surface area (Å²) in [5.74, 6) is 0. The molecule has 21 heavy (non-hydrogen) atoms. The van der Waals surface area contributed by atoms with Crippen molar-refractivity contribution in [1.82, 2.24) is 5.32 Å². The van der Waals surface area contributed by atoms with Crippen molar-refractivity contribution in [1.29, 1.82) is 0 Å². The zero-order valence-corrected chi connectivity index (χ0v) is 13.8. The van der Waals surface area contributed by atoms with Crippen LogP contribution >= 0.6 is 0 Å². The normalized spacial score (nSPS) is 11.5. The highest BCUT2D eigenvalue weighted by molar-refractivity contribution is 5.49. The van der Waals surface area contributed by atoms with Crippen LogP contribution in [-0.2, 0) is 12.0 Å². The summed E-state index contributed by atoms with van der Waals surface area (Å²) in [6.07, 6.45) is 0. The second-order valence-corrected chi connectivity index (χ2v) is 6.29. The van der Waals surface area contributed by atoms with Crippen molar-refractivity contribution in [2.24, 2.45) is 0 Å². The van der Waals surface area contributed by atoms with Crippen LogP contribution in [0, 0.1) is 0 Å². The number of anilines is 1. The van der Waals surface area contributed by atoms with Gasteiger partial charge in [0.1, 0.15) is 0 Å². The molecule has 0 aliphatic rings. The first kappa shape index (κ1) is 15.6. The van der Waals surface area contributed by atoms with Crippen LogP contribution in [0.4, 0.5) is 5.69 Å². The Labute approximate surface area is 128 Å². The molecule has 0 atom stereocenters. The largest absolute Gasteiger partial charge is 0.378 e. The van der Waals surface area contributed by atoms with Gasteiger partial charge >= 0.3 is 0 Å². The Morgan fingerprint density at radius 1 is 0.857 bits per heavy atom. The number of hydrogen-bond acceptors (Lipinski definition) is 2. The molecule has 0 saturated heterocycles. The fourth-order valence-corrected chi connectivity index (χ4v) is 2.59. The molecule has 0 radical (unpaired) electrons. The highest BCUT2D eigenvalue weighted by Gasteiger charge is 2.22. The quantitative estimate of drug-likeness (QED) is 0.897. The zero-order chi connectivity index (χ0) is 15.5. The van der Waals surface area contributed by atoms with Crippen molar-refractivity contribution in [3.05, 3.63) is 65.2 Å². The molecule has 0 bridgehead atoms. The summed E-state index contributed by atoms with van der Waals surface area (Å²) < 4.78 is 0. The van der Waals surface area contributed by atoms with Crippen LogP contribution in [0.25, 0.3) is 0 Å². The van der Waals surface area contributed by atoms with Crippen LogP contribution in [0.2, 0.25) is 0 Å². The smallest absolute Gasteiger partial charge is 0.0361 e. The van der Waals surface area contributed by atoms with Gasteiger partial charge in [-0.3, -0.25) is 0 Å². The molecule has 2 aromatic rings. The Morgan fingerprint density at radius 2 is 1.33 bits per heavy atom. The van der Waals surface area contributed by atoms with E-state index in [9.17, 15) is 0 Å². The molecule has 0 spiro atoms. The van der Waals surface area contributed by atoms with Crippen molar-refractivity contribution >= 4 is 5.69 Å². The Kier molecular flexibility index (Phi) is 4.69. The van der Waals surface area contributed by atoms with Gasteiger partial charge in [0, 0.05) is 31.7 Å². The topological polar surface area (TPSA) is 15.3 Å². The van der Waals surface area contributed by atoms with Gasteiger partial charge in [0.2, 0.25) is 0 Å². The Hall–Kier alpha value is -1.80. The lowest BCUT2D eigenvalue weighted by atomic mass is 9.78. The van der Waals surface area contributed by atoms with E-state index in [0.717, 1.165) is 6.54 Å². The second-order valence-electron chi connectivity index (χ2n) is 6.29. The molecule has 2 nitrogen and oxygen atoms in total. The first-order valence-electron chi connectivity index (χ1n) is 7.47. The Morgan fingerprint density at radius 3 is 1.76 bits per heavy atom. The van der Waals surface area contributed by atoms with Gasteiger partial charge in [-0.1, -0.05) is 50.2 Å². The maximum absolute atomic E-state index is 3.19. The van der Waals surface area contributed by atoms with Crippen molar-refractivity contribution in [3.8, 4) is 0 Å². The maximum atomic E-state index is 3.19. The predicted molar refractivity (Wildman–Crippen MR) is 92.1 cm³/mol. The lowest BCUT2D eigenvalue weighted by Gasteiger charge is -2.27. The fraction of sp³-hybridized carbons (Fsp3) is 0.368. The van der Waals surface area contributed by atoms with E-state index in [1.807, 2.05) is 7.05 Å². The Balaban J connectivity index is 2.27. The van der Waals surface area contributed by atoms with Crippen molar-refractivity contribution in [2.75, 3.05) is 26.0 Å². The summed E-state index contributed by atoms with van der Waals surface area (Å²) >= 11 is 0. The van der Waals surface area contributed by atoms with E-state index in [1.54, 1.807) is 0 Å². The van der Waals surface area contributed by atoms with Gasteiger partial charge in [-0.25, -0.2) is 0 Å². The van der Waals surface area contributed by atoms with Crippen LogP contribution < -0.4 is 10.2 Å². The SMILES string of the molecule is CNCc1ccc(C(C)(C)c2ccc(N(C)C)cc2)cc1. The lowest BCUT2D eigenvalue weighted by molar-refractivity contribution is 0.640. The molecule has 0 aliphatic carbocycles. The Bertz CT molecular complexity index is 566. The van der Waals surface area contributed by atoms with Crippen LogP contribution in [-0.4, -0.2) is 21.1 Å². The van der Waals surface area contributed by atoms with Gasteiger partial charge in [0.15, 0.2) is 0 Å². The minimum atomic E-state index is 0.0169. The maximum Gasteiger partial charge on any atom is 0.0361 e. The minimum Gasteiger partial charge on any atom is -0.378 e. The molecule has 0 fully saturated rings. The van der Waals surface area contributed by atoms with Crippen LogP contribution in [0.15, 0.2) is 48.5 Å². The average Bonchev–Trinajstić information content (AvgIpc) is 2.48. The van der Waals surface area contributed by atoms with E-state index in [0.29, 0.717) is 0 Å². The standard InChI is InChI=1S/C19H26N2/c1-19(2,16-8-6-15(7-9-16)14-20-3)17-10-12-18(13-11-17)21(4)5/h6-13,20H,14H2,1-5H3. The number of nitrogens with zero attached hydrogens (tertiary/aromatic N) is 1. The predicted octanol–water partition coefficient (Wildman–Crippen LogP) is 3.80. The van der Waals surface area contributed by atoms with Gasteiger partial charge in [-0.05, 0) is 35.9 Å². The van der Waals surface area contributed by atoms with Crippen LogP contribution in [0.3, 0.4) is 0 Å². The van der Waals surface area contributed by atoms with E-state index in [-0.39, 0.29) is 5.41 Å². The van der Waals surface area contributed by atoms with E-state index < -0.39 is 0 Å². The van der Waals surface area contributed by atoms with Gasteiger partial charge in [-0.2, -0.15) is 0 Å². The molecule has 0 aliphatic heterocycles. The summed E-state index contributed by atoms with van der Waals surface area (Å²) in [5.41, 5.74) is 5.26. The molecular weight excluding hydrogens is 256 g/mol. The van der Waals surface area contributed by atoms with Crippen LogP contribution in [0.5, 0.6) is 0 Å². The van der Waals surface area contributed by atoms with Crippen molar-refractivity contribution in [2.45, 2.75) is 25.8 Å². The third-order valence-corrected chi connectivity index (χ3v) is 4.16. The monoisotopic (exact) mass is 282 g/mol. The third-order valence-electron chi connectivity index (χ3n) is 4.16. The molecule has 0 aromatic heterocycles. The first-order valence-corrected chi connectivity index (χ1v) is 7.47. The molecule has 0 unspecified atom stereocenters. The molecule has 2 aromatic carbocycles. The highest BCUT2D eigenvalue weighted by Crippen LogP contribution is 2.32. The molecule has 1 N–H and O–H groups in total. The molecule has 0 amide bonds. The number of benzene rings is 2. The summed E-state index contributed by atoms with van der Waals surface area (Å²) in [7, 11) is 6.12. The number of rotatable bonds is 5. The van der Waals surface area contributed by atoms with E-state index in [2.05, 4.69) is 86.7 Å². The molecule has 0 heterocycles. The van der Waals surface area contributed by atoms with Gasteiger partial charge in [-0.15, -0.1) is 0 Å². The van der Waals surface area contributed by atoms with Crippen molar-refractivity contribution in [3.63, 3.8) is 0 Å². The molecule has 0 saturated carbocycles. The molecular formula is C19H26N2. The van der Waals surface area contributed by atoms with E-state index in [4.69, 9.17) is 0 Å². The second kappa shape index (κ2) is 6.31. The van der Waals surface area contributed by atoms with Crippen LogP contribution in [0.1, 0.15) is 30.5 Å². The van der Waals surface area contributed by atoms with Gasteiger partial charge in [0.05, 0.1) is 0 Å². The molecule has 112 valence electrons. The highest BCUT2D eigenvalue weighted by atomic mass is 15.1. The van der Waals surface area contributed by atoms with Crippen molar-refractivity contribution < 1.29 is 0 Å². The summed E-state index contributed by atoms with van der Waals surface area (Å²) in [4.78, 5) is 2.13.